The van der Waals surface area contributed by atoms with E-state index in [9.17, 15) is 4.79 Å². The van der Waals surface area contributed by atoms with E-state index in [-0.39, 0.29) is 11.2 Å². The molecule has 1 N–H and O–H groups in total. The van der Waals surface area contributed by atoms with Gasteiger partial charge in [-0.3, -0.25) is 4.79 Å². The Hall–Kier alpha value is -2.12. The van der Waals surface area contributed by atoms with E-state index in [2.05, 4.69) is 20.4 Å². The van der Waals surface area contributed by atoms with Crippen LogP contribution in [0.4, 0.5) is 0 Å². The fraction of sp³-hybridized carbons (Fsp3) is 0.200. The lowest BCUT2D eigenvalue weighted by Gasteiger charge is -2.10. The first kappa shape index (κ1) is 15.8. The minimum Gasteiger partial charge on any atom is -0.351 e. The highest BCUT2D eigenvalue weighted by Crippen LogP contribution is 2.20. The zero-order chi connectivity index (χ0) is 16.2. The lowest BCUT2D eigenvalue weighted by atomic mass is 10.2. The topological polar surface area (TPSA) is 72.2 Å². The van der Waals surface area contributed by atoms with Gasteiger partial charge in [0.1, 0.15) is 0 Å². The van der Waals surface area contributed by atoms with Crippen LogP contribution in [-0.2, 0) is 11.3 Å². The van der Waals surface area contributed by atoms with Crippen LogP contribution in [0.3, 0.4) is 0 Å². The molecular formula is C15H14ClN5OS. The Labute approximate surface area is 142 Å². The van der Waals surface area contributed by atoms with Gasteiger partial charge >= 0.3 is 0 Å². The van der Waals surface area contributed by atoms with E-state index in [0.717, 1.165) is 5.56 Å². The standard InChI is InChI=1S/C15H14ClN5OS/c1-10(13(22)18-9-11-3-5-12(16)6-4-11)23-15-19-14-17-7-2-8-21(14)20-15/h2-8,10H,9H2,1H3,(H,18,22)/t10-/m0/s1. The third-order valence-electron chi connectivity index (χ3n) is 3.13. The quantitative estimate of drug-likeness (QED) is 0.718. The molecule has 0 fully saturated rings. The van der Waals surface area contributed by atoms with E-state index in [1.807, 2.05) is 19.1 Å². The molecule has 1 atom stereocenters. The number of hydrogen-bond acceptors (Lipinski definition) is 5. The van der Waals surface area contributed by atoms with Gasteiger partial charge in [0.25, 0.3) is 5.78 Å². The molecule has 2 heterocycles. The van der Waals surface area contributed by atoms with Gasteiger partial charge in [-0.1, -0.05) is 35.5 Å². The van der Waals surface area contributed by atoms with Crippen LogP contribution in [0, 0.1) is 0 Å². The van der Waals surface area contributed by atoms with E-state index in [1.165, 1.54) is 11.8 Å². The molecule has 0 saturated heterocycles. The zero-order valence-corrected chi connectivity index (χ0v) is 13.9. The van der Waals surface area contributed by atoms with Gasteiger partial charge in [0.15, 0.2) is 0 Å². The Bertz CT molecular complexity index is 787. The molecule has 8 heteroatoms. The van der Waals surface area contributed by atoms with Gasteiger partial charge in [-0.15, -0.1) is 5.10 Å². The number of aromatic nitrogens is 4. The summed E-state index contributed by atoms with van der Waals surface area (Å²) in [4.78, 5) is 20.5. The van der Waals surface area contributed by atoms with Gasteiger partial charge in [-0.25, -0.2) is 9.50 Å². The summed E-state index contributed by atoms with van der Waals surface area (Å²) in [6.45, 7) is 2.28. The molecular weight excluding hydrogens is 334 g/mol. The van der Waals surface area contributed by atoms with Crippen LogP contribution < -0.4 is 5.32 Å². The van der Waals surface area contributed by atoms with E-state index in [4.69, 9.17) is 11.6 Å². The molecule has 3 rings (SSSR count). The van der Waals surface area contributed by atoms with Crippen LogP contribution in [0.25, 0.3) is 5.78 Å². The Morgan fingerprint density at radius 1 is 1.39 bits per heavy atom. The lowest BCUT2D eigenvalue weighted by molar-refractivity contribution is -0.120. The van der Waals surface area contributed by atoms with Crippen LogP contribution in [0.15, 0.2) is 47.9 Å². The second-order valence-corrected chi connectivity index (χ2v) is 6.61. The van der Waals surface area contributed by atoms with Crippen LogP contribution in [0.2, 0.25) is 5.02 Å². The van der Waals surface area contributed by atoms with Crippen molar-refractivity contribution in [3.63, 3.8) is 0 Å². The van der Waals surface area contributed by atoms with Crippen molar-refractivity contribution >= 4 is 35.0 Å². The number of fused-ring (bicyclic) bond motifs is 1. The minimum absolute atomic E-state index is 0.0724. The molecule has 1 amide bonds. The molecule has 3 aromatic rings. The highest BCUT2D eigenvalue weighted by atomic mass is 35.5. The SMILES string of the molecule is C[C@H](Sc1nc2ncccn2n1)C(=O)NCc1ccc(Cl)cc1. The van der Waals surface area contributed by atoms with Gasteiger partial charge < -0.3 is 5.32 Å². The third-order valence-corrected chi connectivity index (χ3v) is 4.33. The minimum atomic E-state index is -0.306. The van der Waals surface area contributed by atoms with Crippen LogP contribution in [0.5, 0.6) is 0 Å². The number of thioether (sulfide) groups is 1. The summed E-state index contributed by atoms with van der Waals surface area (Å²) < 4.78 is 1.58. The summed E-state index contributed by atoms with van der Waals surface area (Å²) in [5.74, 6) is 0.445. The van der Waals surface area contributed by atoms with E-state index < -0.39 is 0 Å². The van der Waals surface area contributed by atoms with E-state index in [0.29, 0.717) is 22.5 Å². The van der Waals surface area contributed by atoms with Crippen molar-refractivity contribution in [2.75, 3.05) is 0 Å². The summed E-state index contributed by atoms with van der Waals surface area (Å²) >= 11 is 7.14. The zero-order valence-electron chi connectivity index (χ0n) is 12.3. The van der Waals surface area contributed by atoms with Crippen LogP contribution >= 0.6 is 23.4 Å². The molecule has 0 saturated carbocycles. The normalized spacial score (nSPS) is 12.3. The maximum atomic E-state index is 12.2. The van der Waals surface area contributed by atoms with Crippen molar-refractivity contribution in [2.24, 2.45) is 0 Å². The molecule has 1 aromatic carbocycles. The smallest absolute Gasteiger partial charge is 0.253 e. The maximum Gasteiger partial charge on any atom is 0.253 e. The first-order chi connectivity index (χ1) is 11.1. The van der Waals surface area contributed by atoms with Crippen LogP contribution in [0.1, 0.15) is 12.5 Å². The van der Waals surface area contributed by atoms with E-state index in [1.54, 1.807) is 35.1 Å². The first-order valence-corrected chi connectivity index (χ1v) is 8.24. The molecule has 0 bridgehead atoms. The van der Waals surface area contributed by atoms with Gasteiger partial charge in [0, 0.05) is 24.0 Å². The second-order valence-electron chi connectivity index (χ2n) is 4.86. The Morgan fingerprint density at radius 3 is 2.91 bits per heavy atom. The molecule has 6 nitrogen and oxygen atoms in total. The molecule has 2 aromatic heterocycles. The fourth-order valence-electron chi connectivity index (χ4n) is 1.91. The summed E-state index contributed by atoms with van der Waals surface area (Å²) in [7, 11) is 0. The van der Waals surface area contributed by atoms with Gasteiger partial charge in [-0.2, -0.15) is 4.98 Å². The predicted octanol–water partition coefficient (Wildman–Crippen LogP) is 2.57. The Kier molecular flexibility index (Phi) is 4.78. The number of nitrogens with one attached hydrogen (secondary N) is 1. The lowest BCUT2D eigenvalue weighted by Crippen LogP contribution is -2.30. The molecule has 0 unspecified atom stereocenters. The van der Waals surface area contributed by atoms with Crippen molar-refractivity contribution in [2.45, 2.75) is 23.9 Å². The largest absolute Gasteiger partial charge is 0.351 e. The fourth-order valence-corrected chi connectivity index (χ4v) is 2.81. The average molecular weight is 348 g/mol. The molecule has 0 aliphatic rings. The number of carbonyl (C=O) groups is 1. The molecule has 23 heavy (non-hydrogen) atoms. The third kappa shape index (κ3) is 4.00. The number of nitrogens with zero attached hydrogens (tertiary/aromatic N) is 4. The molecule has 0 aliphatic carbocycles. The number of hydrogen-bond donors (Lipinski definition) is 1. The van der Waals surface area contributed by atoms with E-state index >= 15 is 0 Å². The molecule has 118 valence electrons. The summed E-state index contributed by atoms with van der Waals surface area (Å²) in [6, 6.07) is 9.15. The van der Waals surface area contributed by atoms with Crippen molar-refractivity contribution in [1.29, 1.82) is 0 Å². The first-order valence-electron chi connectivity index (χ1n) is 6.98. The summed E-state index contributed by atoms with van der Waals surface area (Å²) in [5, 5.41) is 8.06. The highest BCUT2D eigenvalue weighted by Gasteiger charge is 2.17. The van der Waals surface area contributed by atoms with Crippen molar-refractivity contribution in [1.82, 2.24) is 24.9 Å². The number of halogens is 1. The number of benzene rings is 1. The second kappa shape index (κ2) is 6.97. The Balaban J connectivity index is 1.57. The number of rotatable bonds is 5. The highest BCUT2D eigenvalue weighted by molar-refractivity contribution is 8.00. The summed E-state index contributed by atoms with van der Waals surface area (Å²) in [5.41, 5.74) is 0.995. The van der Waals surface area contributed by atoms with Crippen molar-refractivity contribution in [3.8, 4) is 0 Å². The van der Waals surface area contributed by atoms with Gasteiger partial charge in [0.2, 0.25) is 11.1 Å². The summed E-state index contributed by atoms with van der Waals surface area (Å²) in [6.07, 6.45) is 3.42. The van der Waals surface area contributed by atoms with Crippen molar-refractivity contribution in [3.05, 3.63) is 53.3 Å². The monoisotopic (exact) mass is 347 g/mol. The molecule has 0 radical (unpaired) electrons. The maximum absolute atomic E-state index is 12.2. The molecule has 0 aliphatic heterocycles. The molecule has 0 spiro atoms. The predicted molar refractivity (Wildman–Crippen MR) is 89.4 cm³/mol. The van der Waals surface area contributed by atoms with Crippen molar-refractivity contribution < 1.29 is 4.79 Å². The number of amides is 1. The number of carbonyl (C=O) groups excluding carboxylic acids is 1. The van der Waals surface area contributed by atoms with Gasteiger partial charge in [0.05, 0.1) is 5.25 Å². The van der Waals surface area contributed by atoms with Crippen LogP contribution in [-0.4, -0.2) is 30.7 Å². The van der Waals surface area contributed by atoms with Gasteiger partial charge in [-0.05, 0) is 30.7 Å². The average Bonchev–Trinajstić information content (AvgIpc) is 2.96. The Morgan fingerprint density at radius 2 is 2.17 bits per heavy atom.